The maximum absolute atomic E-state index is 12.5. The highest BCUT2D eigenvalue weighted by Gasteiger charge is 2.15. The van der Waals surface area contributed by atoms with Gasteiger partial charge in [-0.3, -0.25) is 0 Å². The summed E-state index contributed by atoms with van der Waals surface area (Å²) >= 11 is 1.27. The fourth-order valence-corrected chi connectivity index (χ4v) is 3.07. The number of methoxy groups -OCH3 is 1. The largest absolute Gasteiger partial charge is 0.476 e. The Balaban J connectivity index is 2.56. The van der Waals surface area contributed by atoms with E-state index < -0.39 is 10.0 Å². The number of benzene rings is 2. The van der Waals surface area contributed by atoms with E-state index in [4.69, 9.17) is 4.74 Å². The Hall–Kier alpha value is -2.12. The first-order valence-corrected chi connectivity index (χ1v) is 9.35. The molecule has 2 rings (SSSR count). The van der Waals surface area contributed by atoms with Crippen LogP contribution in [0.5, 0.6) is 0 Å². The molecule has 0 aliphatic heterocycles. The third-order valence-corrected chi connectivity index (χ3v) is 4.71. The van der Waals surface area contributed by atoms with Crippen molar-refractivity contribution in [2.45, 2.75) is 4.90 Å². The van der Waals surface area contributed by atoms with Crippen LogP contribution in [0.3, 0.4) is 0 Å². The van der Waals surface area contributed by atoms with Crippen molar-refractivity contribution < 1.29 is 13.2 Å². The highest BCUT2D eigenvalue weighted by molar-refractivity contribution is 8.13. The quantitative estimate of drug-likeness (QED) is 0.631. The number of thioether (sulfide) groups is 1. The molecule has 23 heavy (non-hydrogen) atoms. The fraction of sp³-hybridized carbons (Fsp3) is 0.125. The smallest absolute Gasteiger partial charge is 0.284 e. The van der Waals surface area contributed by atoms with Gasteiger partial charge in [-0.1, -0.05) is 60.3 Å². The Bertz CT molecular complexity index is 796. The number of sulfonamides is 1. The molecular weight excluding hydrogens is 332 g/mol. The molecule has 0 saturated heterocycles. The minimum Gasteiger partial charge on any atom is -0.476 e. The zero-order valence-corrected chi connectivity index (χ0v) is 14.3. The number of rotatable bonds is 3. The summed E-state index contributed by atoms with van der Waals surface area (Å²) in [7, 11) is -2.38. The van der Waals surface area contributed by atoms with E-state index in [-0.39, 0.29) is 10.7 Å². The summed E-state index contributed by atoms with van der Waals surface area (Å²) in [6, 6.07) is 17.0. The van der Waals surface area contributed by atoms with E-state index in [1.807, 2.05) is 6.07 Å². The summed E-state index contributed by atoms with van der Waals surface area (Å²) in [6.45, 7) is 0. The van der Waals surface area contributed by atoms with Crippen LogP contribution in [0.25, 0.3) is 0 Å². The zero-order valence-electron chi connectivity index (χ0n) is 12.7. The number of hydrogen-bond donors (Lipinski definition) is 0. The molecule has 0 aliphatic rings. The van der Waals surface area contributed by atoms with Crippen molar-refractivity contribution in [3.05, 3.63) is 66.2 Å². The van der Waals surface area contributed by atoms with Gasteiger partial charge in [0.25, 0.3) is 15.3 Å². The lowest BCUT2D eigenvalue weighted by Crippen LogP contribution is -2.08. The molecule has 0 aromatic heterocycles. The average molecular weight is 348 g/mol. The van der Waals surface area contributed by atoms with Gasteiger partial charge in [0.2, 0.25) is 0 Å². The van der Waals surface area contributed by atoms with Crippen molar-refractivity contribution in [1.29, 1.82) is 0 Å². The predicted molar refractivity (Wildman–Crippen MR) is 94.6 cm³/mol. The van der Waals surface area contributed by atoms with Crippen LogP contribution in [0.1, 0.15) is 5.56 Å². The van der Waals surface area contributed by atoms with Gasteiger partial charge in [-0.25, -0.2) is 0 Å². The third-order valence-electron chi connectivity index (χ3n) is 2.83. The first-order chi connectivity index (χ1) is 11.1. The van der Waals surface area contributed by atoms with Gasteiger partial charge in [0, 0.05) is 5.56 Å². The number of ether oxygens (including phenoxy) is 1. The molecule has 2 aromatic carbocycles. The molecule has 0 heterocycles. The number of nitrogens with zero attached hydrogens (tertiary/aromatic N) is 2. The lowest BCUT2D eigenvalue weighted by molar-refractivity contribution is 0.417. The maximum Gasteiger partial charge on any atom is 0.284 e. The van der Waals surface area contributed by atoms with Gasteiger partial charge >= 0.3 is 0 Å². The standard InChI is InChI=1S/C16H16N2O3S2/c1-21-16(22-2)17-15(13-9-5-3-6-10-13)18-23(19,20)14-11-7-4-8-12-14/h3-12H,1-2H3. The van der Waals surface area contributed by atoms with Gasteiger partial charge in [-0.15, -0.1) is 4.40 Å². The molecule has 0 saturated carbocycles. The molecule has 0 amide bonds. The lowest BCUT2D eigenvalue weighted by atomic mass is 10.2. The van der Waals surface area contributed by atoms with E-state index in [1.165, 1.54) is 31.0 Å². The van der Waals surface area contributed by atoms with Gasteiger partial charge in [0.05, 0.1) is 12.0 Å². The molecule has 0 atom stereocenters. The topological polar surface area (TPSA) is 68.1 Å². The second kappa shape index (κ2) is 7.94. The van der Waals surface area contributed by atoms with Gasteiger partial charge in [-0.2, -0.15) is 13.4 Å². The molecule has 0 aliphatic carbocycles. The van der Waals surface area contributed by atoms with Gasteiger partial charge in [0.15, 0.2) is 5.84 Å². The Kier molecular flexibility index (Phi) is 5.95. The van der Waals surface area contributed by atoms with Crippen LogP contribution in [-0.2, 0) is 14.8 Å². The van der Waals surface area contributed by atoms with Crippen LogP contribution in [0, 0.1) is 0 Å². The van der Waals surface area contributed by atoms with Crippen molar-refractivity contribution in [3.63, 3.8) is 0 Å². The first-order valence-electron chi connectivity index (χ1n) is 6.69. The Morgan fingerprint density at radius 1 is 1.00 bits per heavy atom. The second-order valence-electron chi connectivity index (χ2n) is 4.35. The molecule has 0 bridgehead atoms. The Morgan fingerprint density at radius 3 is 2.09 bits per heavy atom. The van der Waals surface area contributed by atoms with E-state index in [0.29, 0.717) is 10.8 Å². The summed E-state index contributed by atoms with van der Waals surface area (Å²) in [5.41, 5.74) is 0.593. The van der Waals surface area contributed by atoms with Crippen molar-refractivity contribution in [1.82, 2.24) is 0 Å². The Morgan fingerprint density at radius 2 is 1.57 bits per heavy atom. The molecule has 0 spiro atoms. The normalized spacial score (nSPS) is 13.0. The van der Waals surface area contributed by atoms with Crippen LogP contribution in [0.2, 0.25) is 0 Å². The van der Waals surface area contributed by atoms with Crippen LogP contribution in [0.4, 0.5) is 0 Å². The third kappa shape index (κ3) is 4.67. The van der Waals surface area contributed by atoms with Crippen molar-refractivity contribution >= 4 is 32.9 Å². The van der Waals surface area contributed by atoms with Crippen molar-refractivity contribution in [2.24, 2.45) is 9.39 Å². The SMILES string of the molecule is COC(=NC(=NS(=O)(=O)c1ccccc1)c1ccccc1)SC. The van der Waals surface area contributed by atoms with E-state index in [2.05, 4.69) is 9.39 Å². The molecule has 120 valence electrons. The van der Waals surface area contributed by atoms with Crippen molar-refractivity contribution in [2.75, 3.05) is 13.4 Å². The van der Waals surface area contributed by atoms with Crippen LogP contribution in [-0.4, -0.2) is 32.8 Å². The summed E-state index contributed by atoms with van der Waals surface area (Å²) < 4.78 is 33.9. The second-order valence-corrected chi connectivity index (χ2v) is 6.72. The summed E-state index contributed by atoms with van der Waals surface area (Å²) in [5, 5.41) is 0.330. The van der Waals surface area contributed by atoms with Crippen LogP contribution >= 0.6 is 11.8 Å². The zero-order chi connectivity index (χ0) is 16.7. The molecule has 2 aromatic rings. The van der Waals surface area contributed by atoms with E-state index in [9.17, 15) is 8.42 Å². The maximum atomic E-state index is 12.5. The lowest BCUT2D eigenvalue weighted by Gasteiger charge is -2.05. The summed E-state index contributed by atoms with van der Waals surface area (Å²) in [5.74, 6) is 0.0839. The number of hydrogen-bond acceptors (Lipinski definition) is 4. The summed E-state index contributed by atoms with van der Waals surface area (Å²) in [4.78, 5) is 4.34. The van der Waals surface area contributed by atoms with Gasteiger partial charge < -0.3 is 4.74 Å². The first kappa shape index (κ1) is 17.2. The number of aliphatic imine (C=N–C) groups is 1. The minimum absolute atomic E-state index is 0.0839. The number of amidine groups is 1. The van der Waals surface area contributed by atoms with E-state index in [0.717, 1.165) is 0 Å². The minimum atomic E-state index is -3.85. The molecule has 0 fully saturated rings. The highest BCUT2D eigenvalue weighted by atomic mass is 32.2. The van der Waals surface area contributed by atoms with Gasteiger partial charge in [0.1, 0.15) is 0 Å². The molecule has 7 heteroatoms. The highest BCUT2D eigenvalue weighted by Crippen LogP contribution is 2.15. The van der Waals surface area contributed by atoms with Crippen LogP contribution in [0.15, 0.2) is 74.9 Å². The molecule has 0 radical (unpaired) electrons. The predicted octanol–water partition coefficient (Wildman–Crippen LogP) is 3.19. The average Bonchev–Trinajstić information content (AvgIpc) is 2.60. The molecule has 5 nitrogen and oxygen atoms in total. The Labute approximate surface area is 140 Å². The van der Waals surface area contributed by atoms with Gasteiger partial charge in [-0.05, 0) is 18.4 Å². The molecule has 0 N–H and O–H groups in total. The van der Waals surface area contributed by atoms with Crippen LogP contribution < -0.4 is 0 Å². The monoisotopic (exact) mass is 348 g/mol. The fourth-order valence-electron chi connectivity index (χ4n) is 1.74. The molecule has 0 unspecified atom stereocenters. The van der Waals surface area contributed by atoms with E-state index in [1.54, 1.807) is 48.7 Å². The molecular formula is C16H16N2O3S2. The summed E-state index contributed by atoms with van der Waals surface area (Å²) in [6.07, 6.45) is 1.79. The van der Waals surface area contributed by atoms with Crippen molar-refractivity contribution in [3.8, 4) is 0 Å². The van der Waals surface area contributed by atoms with E-state index >= 15 is 0 Å².